The molecule has 0 saturated heterocycles. The highest BCUT2D eigenvalue weighted by Crippen LogP contribution is 2.22. The number of fused-ring (bicyclic) bond motifs is 1. The second kappa shape index (κ2) is 7.43. The van der Waals surface area contributed by atoms with Crippen LogP contribution in [0.25, 0.3) is 16.3 Å². The maximum Gasteiger partial charge on any atom is 0.250 e. The number of thiazole rings is 1. The maximum absolute atomic E-state index is 11.9. The van der Waals surface area contributed by atoms with Gasteiger partial charge in [-0.3, -0.25) is 10.1 Å². The van der Waals surface area contributed by atoms with E-state index < -0.39 is 0 Å². The number of unbranched alkanes of at least 4 members (excludes halogenated alkanes) is 1. The van der Waals surface area contributed by atoms with E-state index in [1.165, 1.54) is 17.4 Å². The molecule has 0 fully saturated rings. The molecule has 0 atom stereocenters. The summed E-state index contributed by atoms with van der Waals surface area (Å²) in [6, 6.07) is 7.91. The third kappa shape index (κ3) is 4.20. The van der Waals surface area contributed by atoms with Gasteiger partial charge in [-0.15, -0.1) is 21.5 Å². The number of nitrogens with one attached hydrogen (secondary N) is 1. The van der Waals surface area contributed by atoms with E-state index in [1.807, 2.05) is 24.3 Å². The minimum atomic E-state index is -0.220. The highest BCUT2D eigenvalue weighted by atomic mass is 32.1. The van der Waals surface area contributed by atoms with Gasteiger partial charge in [-0.05, 0) is 24.6 Å². The van der Waals surface area contributed by atoms with Crippen LogP contribution in [0.2, 0.25) is 0 Å². The van der Waals surface area contributed by atoms with E-state index in [4.69, 9.17) is 0 Å². The standard InChI is InChI=1S/C16H16N4OS2/c1-2-3-8-15-19-20-16(23-15)18-13(21)9-10-14-17-11-6-4-5-7-12(11)22-14/h4-7,9-10H,2-3,8H2,1H3,(H,18,20,21)/b10-9+. The summed E-state index contributed by atoms with van der Waals surface area (Å²) in [5.41, 5.74) is 0.947. The Morgan fingerprint density at radius 1 is 1.26 bits per heavy atom. The fourth-order valence-electron chi connectivity index (χ4n) is 1.99. The number of carbonyl (C=O) groups excluding carboxylic acids is 1. The predicted octanol–water partition coefficient (Wildman–Crippen LogP) is 4.14. The van der Waals surface area contributed by atoms with Gasteiger partial charge in [-0.2, -0.15) is 0 Å². The summed E-state index contributed by atoms with van der Waals surface area (Å²) in [5.74, 6) is -0.220. The molecule has 0 radical (unpaired) electrons. The van der Waals surface area contributed by atoms with Crippen molar-refractivity contribution in [1.29, 1.82) is 0 Å². The van der Waals surface area contributed by atoms with Crippen molar-refractivity contribution in [3.63, 3.8) is 0 Å². The fourth-order valence-corrected chi connectivity index (χ4v) is 3.64. The Morgan fingerprint density at radius 3 is 2.96 bits per heavy atom. The second-order valence-corrected chi connectivity index (χ2v) is 7.07. The highest BCUT2D eigenvalue weighted by molar-refractivity contribution is 7.19. The van der Waals surface area contributed by atoms with Crippen LogP contribution >= 0.6 is 22.7 Å². The van der Waals surface area contributed by atoms with Crippen LogP contribution in [-0.2, 0) is 11.2 Å². The Bertz CT molecular complexity index is 804. The first-order valence-corrected chi connectivity index (χ1v) is 9.05. The van der Waals surface area contributed by atoms with Gasteiger partial charge in [0, 0.05) is 12.5 Å². The van der Waals surface area contributed by atoms with E-state index in [-0.39, 0.29) is 5.91 Å². The summed E-state index contributed by atoms with van der Waals surface area (Å²) < 4.78 is 1.11. The zero-order chi connectivity index (χ0) is 16.1. The largest absolute Gasteiger partial charge is 0.297 e. The van der Waals surface area contributed by atoms with Gasteiger partial charge in [-0.1, -0.05) is 36.8 Å². The molecule has 23 heavy (non-hydrogen) atoms. The Balaban J connectivity index is 1.61. The molecule has 1 amide bonds. The quantitative estimate of drug-likeness (QED) is 0.682. The predicted molar refractivity (Wildman–Crippen MR) is 95.8 cm³/mol. The smallest absolute Gasteiger partial charge is 0.250 e. The SMILES string of the molecule is CCCCc1nnc(NC(=O)/C=C/c2nc3ccccc3s2)s1. The molecule has 0 bridgehead atoms. The average Bonchev–Trinajstić information content (AvgIpc) is 3.17. The molecule has 7 heteroatoms. The minimum absolute atomic E-state index is 0.220. The number of nitrogens with zero attached hydrogens (tertiary/aromatic N) is 3. The molecule has 1 aromatic carbocycles. The summed E-state index contributed by atoms with van der Waals surface area (Å²) >= 11 is 2.98. The van der Waals surface area contributed by atoms with E-state index in [0.29, 0.717) is 5.13 Å². The van der Waals surface area contributed by atoms with Crippen LogP contribution in [-0.4, -0.2) is 21.1 Å². The van der Waals surface area contributed by atoms with Crippen molar-refractivity contribution in [2.45, 2.75) is 26.2 Å². The van der Waals surface area contributed by atoms with Crippen LogP contribution in [0.3, 0.4) is 0 Å². The van der Waals surface area contributed by atoms with E-state index in [2.05, 4.69) is 27.4 Å². The Hall–Kier alpha value is -2.12. The lowest BCUT2D eigenvalue weighted by Gasteiger charge is -1.93. The summed E-state index contributed by atoms with van der Waals surface area (Å²) in [7, 11) is 0. The van der Waals surface area contributed by atoms with Gasteiger partial charge in [-0.25, -0.2) is 4.98 Å². The molecule has 2 aromatic heterocycles. The molecule has 0 aliphatic heterocycles. The van der Waals surface area contributed by atoms with Crippen molar-refractivity contribution in [3.05, 3.63) is 40.4 Å². The molecule has 0 aliphatic rings. The maximum atomic E-state index is 11.9. The number of hydrogen-bond acceptors (Lipinski definition) is 6. The number of benzene rings is 1. The van der Waals surface area contributed by atoms with Crippen LogP contribution in [0.15, 0.2) is 30.3 Å². The monoisotopic (exact) mass is 344 g/mol. The lowest BCUT2D eigenvalue weighted by Crippen LogP contribution is -2.07. The molecule has 5 nitrogen and oxygen atoms in total. The van der Waals surface area contributed by atoms with E-state index in [0.717, 1.165) is 39.5 Å². The van der Waals surface area contributed by atoms with Gasteiger partial charge < -0.3 is 0 Å². The van der Waals surface area contributed by atoms with Crippen LogP contribution in [0.5, 0.6) is 0 Å². The summed E-state index contributed by atoms with van der Waals surface area (Å²) in [6.07, 6.45) is 6.31. The van der Waals surface area contributed by atoms with Crippen molar-refractivity contribution in [1.82, 2.24) is 15.2 Å². The molecule has 0 unspecified atom stereocenters. The number of aromatic nitrogens is 3. The fraction of sp³-hybridized carbons (Fsp3) is 0.250. The first kappa shape index (κ1) is 15.8. The van der Waals surface area contributed by atoms with Gasteiger partial charge in [0.2, 0.25) is 11.0 Å². The Morgan fingerprint density at radius 2 is 2.13 bits per heavy atom. The van der Waals surface area contributed by atoms with Gasteiger partial charge in [0.15, 0.2) is 0 Å². The summed E-state index contributed by atoms with van der Waals surface area (Å²) in [4.78, 5) is 16.4. The van der Waals surface area contributed by atoms with Crippen molar-refractivity contribution in [2.24, 2.45) is 0 Å². The Kier molecular flexibility index (Phi) is 5.09. The highest BCUT2D eigenvalue weighted by Gasteiger charge is 2.06. The van der Waals surface area contributed by atoms with E-state index in [1.54, 1.807) is 17.4 Å². The number of hydrogen-bond donors (Lipinski definition) is 1. The number of rotatable bonds is 6. The molecule has 2 heterocycles. The number of para-hydroxylation sites is 1. The molecule has 3 rings (SSSR count). The summed E-state index contributed by atoms with van der Waals surface area (Å²) in [5, 5.41) is 13.1. The number of anilines is 1. The number of carbonyl (C=O) groups is 1. The molecule has 3 aromatic rings. The second-order valence-electron chi connectivity index (χ2n) is 4.95. The first-order valence-electron chi connectivity index (χ1n) is 7.41. The molecule has 0 spiro atoms. The first-order chi connectivity index (χ1) is 11.2. The number of amides is 1. The summed E-state index contributed by atoms with van der Waals surface area (Å²) in [6.45, 7) is 2.14. The van der Waals surface area contributed by atoms with Crippen molar-refractivity contribution < 1.29 is 4.79 Å². The van der Waals surface area contributed by atoms with Crippen molar-refractivity contribution in [3.8, 4) is 0 Å². The van der Waals surface area contributed by atoms with Gasteiger partial charge in [0.05, 0.1) is 10.2 Å². The van der Waals surface area contributed by atoms with E-state index in [9.17, 15) is 4.79 Å². The Labute approximate surface area is 142 Å². The number of aryl methyl sites for hydroxylation is 1. The molecule has 118 valence electrons. The van der Waals surface area contributed by atoms with Gasteiger partial charge in [0.1, 0.15) is 10.0 Å². The third-order valence-corrected chi connectivity index (χ3v) is 5.03. The lowest BCUT2D eigenvalue weighted by atomic mass is 10.3. The average molecular weight is 344 g/mol. The normalized spacial score (nSPS) is 11.3. The zero-order valence-electron chi connectivity index (χ0n) is 12.7. The topological polar surface area (TPSA) is 67.8 Å². The zero-order valence-corrected chi connectivity index (χ0v) is 14.3. The molecular formula is C16H16N4OS2. The lowest BCUT2D eigenvalue weighted by molar-refractivity contribution is -0.111. The third-order valence-electron chi connectivity index (χ3n) is 3.13. The molecule has 0 aliphatic carbocycles. The van der Waals surface area contributed by atoms with Gasteiger partial charge in [0.25, 0.3) is 0 Å². The molecule has 1 N–H and O–H groups in total. The van der Waals surface area contributed by atoms with Crippen molar-refractivity contribution >= 4 is 50.0 Å². The van der Waals surface area contributed by atoms with Crippen LogP contribution < -0.4 is 5.32 Å². The minimum Gasteiger partial charge on any atom is -0.297 e. The van der Waals surface area contributed by atoms with Crippen LogP contribution in [0, 0.1) is 0 Å². The van der Waals surface area contributed by atoms with Crippen LogP contribution in [0.4, 0.5) is 5.13 Å². The molecule has 0 saturated carbocycles. The molecular weight excluding hydrogens is 328 g/mol. The van der Waals surface area contributed by atoms with Crippen molar-refractivity contribution in [2.75, 3.05) is 5.32 Å². The van der Waals surface area contributed by atoms with E-state index >= 15 is 0 Å². The van der Waals surface area contributed by atoms with Crippen LogP contribution in [0.1, 0.15) is 29.8 Å². The van der Waals surface area contributed by atoms with Gasteiger partial charge >= 0.3 is 0 Å².